The van der Waals surface area contributed by atoms with Crippen molar-refractivity contribution in [1.82, 2.24) is 5.32 Å². The first-order valence-electron chi connectivity index (χ1n) is 6.23. The molecule has 2 atom stereocenters. The van der Waals surface area contributed by atoms with E-state index in [1.54, 1.807) is 0 Å². The summed E-state index contributed by atoms with van der Waals surface area (Å²) in [5.74, 6) is -2.47. The molecule has 0 saturated carbocycles. The van der Waals surface area contributed by atoms with Crippen molar-refractivity contribution in [3.05, 3.63) is 0 Å². The van der Waals surface area contributed by atoms with Crippen molar-refractivity contribution >= 4 is 11.9 Å². The van der Waals surface area contributed by atoms with Gasteiger partial charge in [-0.2, -0.15) is 0 Å². The topological polar surface area (TPSA) is 75.6 Å². The minimum absolute atomic E-state index is 0.317. The quantitative estimate of drug-likeness (QED) is 0.542. The van der Waals surface area contributed by atoms with Crippen LogP contribution in [-0.4, -0.2) is 36.2 Å². The van der Waals surface area contributed by atoms with Gasteiger partial charge in [0, 0.05) is 13.2 Å². The molecule has 0 spiro atoms. The van der Waals surface area contributed by atoms with Crippen molar-refractivity contribution in [2.24, 2.45) is 5.92 Å². The van der Waals surface area contributed by atoms with Gasteiger partial charge in [-0.1, -0.05) is 0 Å². The van der Waals surface area contributed by atoms with E-state index in [2.05, 4.69) is 5.32 Å². The fourth-order valence-corrected chi connectivity index (χ4v) is 1.84. The minimum Gasteiger partial charge on any atom is -0.481 e. The van der Waals surface area contributed by atoms with Crippen LogP contribution in [0.1, 0.15) is 39.0 Å². The van der Waals surface area contributed by atoms with E-state index in [0.717, 1.165) is 32.3 Å². The lowest BCUT2D eigenvalue weighted by Crippen LogP contribution is -2.34. The van der Waals surface area contributed by atoms with Gasteiger partial charge >= 0.3 is 5.97 Å². The Morgan fingerprint density at radius 1 is 1.47 bits per heavy atom. The molecule has 1 fully saturated rings. The summed E-state index contributed by atoms with van der Waals surface area (Å²) in [7, 11) is 0. The lowest BCUT2D eigenvalue weighted by molar-refractivity contribution is -0.146. The molecule has 0 aromatic carbocycles. The molecule has 1 rings (SSSR count). The first-order chi connectivity index (χ1) is 8.11. The number of aliphatic carboxylic acids is 1. The highest BCUT2D eigenvalue weighted by Gasteiger charge is 2.20. The lowest BCUT2D eigenvalue weighted by atomic mass is 10.0. The predicted molar refractivity (Wildman–Crippen MR) is 62.6 cm³/mol. The average Bonchev–Trinajstić information content (AvgIpc) is 2.34. The summed E-state index contributed by atoms with van der Waals surface area (Å²) in [6, 6.07) is 0. The molecule has 2 N–H and O–H groups in total. The molecule has 1 saturated heterocycles. The van der Waals surface area contributed by atoms with Crippen LogP contribution in [-0.2, 0) is 14.3 Å². The molecule has 1 amide bonds. The molecule has 2 unspecified atom stereocenters. The molecule has 1 aliphatic heterocycles. The highest BCUT2D eigenvalue weighted by atomic mass is 16.5. The fourth-order valence-electron chi connectivity index (χ4n) is 1.84. The maximum Gasteiger partial charge on any atom is 0.315 e. The summed E-state index contributed by atoms with van der Waals surface area (Å²) in [5.41, 5.74) is 0. The van der Waals surface area contributed by atoms with Crippen LogP contribution in [0.4, 0.5) is 0 Å². The van der Waals surface area contributed by atoms with Crippen LogP contribution in [0.15, 0.2) is 0 Å². The molecule has 1 aliphatic rings. The zero-order valence-corrected chi connectivity index (χ0v) is 10.3. The van der Waals surface area contributed by atoms with E-state index < -0.39 is 17.8 Å². The standard InChI is InChI=1S/C12H21NO4/c1-9(12(15)16)11(14)13-7-4-6-10-5-2-3-8-17-10/h9-10H,2-8H2,1H3,(H,13,14)(H,15,16). The lowest BCUT2D eigenvalue weighted by Gasteiger charge is -2.22. The maximum atomic E-state index is 11.3. The summed E-state index contributed by atoms with van der Waals surface area (Å²) < 4.78 is 5.56. The number of ether oxygens (including phenoxy) is 1. The molecular weight excluding hydrogens is 222 g/mol. The Balaban J connectivity index is 2.07. The van der Waals surface area contributed by atoms with Crippen LogP contribution in [0.3, 0.4) is 0 Å². The minimum atomic E-state index is -1.09. The Kier molecular flexibility index (Phi) is 5.97. The third-order valence-corrected chi connectivity index (χ3v) is 3.04. The average molecular weight is 243 g/mol. The second-order valence-electron chi connectivity index (χ2n) is 4.48. The van der Waals surface area contributed by atoms with Crippen molar-refractivity contribution in [3.63, 3.8) is 0 Å². The van der Waals surface area contributed by atoms with Crippen LogP contribution >= 0.6 is 0 Å². The fraction of sp³-hybridized carbons (Fsp3) is 0.833. The normalized spacial score (nSPS) is 21.8. The number of nitrogens with one attached hydrogen (secondary N) is 1. The van der Waals surface area contributed by atoms with E-state index in [1.807, 2.05) is 0 Å². The predicted octanol–water partition coefficient (Wildman–Crippen LogP) is 1.17. The van der Waals surface area contributed by atoms with Gasteiger partial charge in [-0.25, -0.2) is 0 Å². The van der Waals surface area contributed by atoms with Gasteiger partial charge < -0.3 is 15.2 Å². The van der Waals surface area contributed by atoms with Crippen molar-refractivity contribution in [3.8, 4) is 0 Å². The van der Waals surface area contributed by atoms with Gasteiger partial charge in [-0.15, -0.1) is 0 Å². The third-order valence-electron chi connectivity index (χ3n) is 3.04. The number of hydrogen-bond donors (Lipinski definition) is 2. The maximum absolute atomic E-state index is 11.3. The second kappa shape index (κ2) is 7.27. The van der Waals surface area contributed by atoms with Crippen molar-refractivity contribution in [2.75, 3.05) is 13.2 Å². The monoisotopic (exact) mass is 243 g/mol. The summed E-state index contributed by atoms with van der Waals surface area (Å²) in [5, 5.41) is 11.3. The Bertz CT molecular complexity index is 261. The van der Waals surface area contributed by atoms with Gasteiger partial charge in [0.25, 0.3) is 0 Å². The van der Waals surface area contributed by atoms with Crippen LogP contribution in [0, 0.1) is 5.92 Å². The summed E-state index contributed by atoms with van der Waals surface area (Å²) >= 11 is 0. The van der Waals surface area contributed by atoms with Crippen LogP contribution < -0.4 is 5.32 Å². The molecule has 0 aromatic rings. The molecule has 0 radical (unpaired) electrons. The van der Waals surface area contributed by atoms with Gasteiger partial charge in [0.05, 0.1) is 6.10 Å². The number of carbonyl (C=O) groups excluding carboxylic acids is 1. The van der Waals surface area contributed by atoms with Crippen LogP contribution in [0.5, 0.6) is 0 Å². The highest BCUT2D eigenvalue weighted by molar-refractivity contribution is 5.96. The van der Waals surface area contributed by atoms with Gasteiger partial charge in [-0.3, -0.25) is 9.59 Å². The molecule has 98 valence electrons. The van der Waals surface area contributed by atoms with Crippen molar-refractivity contribution in [1.29, 1.82) is 0 Å². The smallest absolute Gasteiger partial charge is 0.315 e. The molecule has 0 aromatic heterocycles. The molecule has 17 heavy (non-hydrogen) atoms. The molecular formula is C12H21NO4. The van der Waals surface area contributed by atoms with Crippen molar-refractivity contribution in [2.45, 2.75) is 45.1 Å². The van der Waals surface area contributed by atoms with E-state index in [-0.39, 0.29) is 0 Å². The largest absolute Gasteiger partial charge is 0.481 e. The Labute approximate surface area is 102 Å². The van der Waals surface area contributed by atoms with E-state index >= 15 is 0 Å². The number of carboxylic acids is 1. The number of carboxylic acid groups (broad SMARTS) is 1. The van der Waals surface area contributed by atoms with E-state index in [9.17, 15) is 9.59 Å². The van der Waals surface area contributed by atoms with Gasteiger partial charge in [0.1, 0.15) is 5.92 Å². The van der Waals surface area contributed by atoms with Crippen LogP contribution in [0.2, 0.25) is 0 Å². The summed E-state index contributed by atoms with van der Waals surface area (Å²) in [6.07, 6.45) is 5.54. The number of amides is 1. The van der Waals surface area contributed by atoms with E-state index in [4.69, 9.17) is 9.84 Å². The number of hydrogen-bond acceptors (Lipinski definition) is 3. The third kappa shape index (κ3) is 5.17. The van der Waals surface area contributed by atoms with E-state index in [0.29, 0.717) is 12.6 Å². The highest BCUT2D eigenvalue weighted by Crippen LogP contribution is 2.16. The molecule has 0 aliphatic carbocycles. The Morgan fingerprint density at radius 3 is 2.82 bits per heavy atom. The summed E-state index contributed by atoms with van der Waals surface area (Å²) in [6.45, 7) is 2.76. The van der Waals surface area contributed by atoms with Gasteiger partial charge in [0.15, 0.2) is 0 Å². The molecule has 5 nitrogen and oxygen atoms in total. The number of rotatable bonds is 6. The molecule has 1 heterocycles. The van der Waals surface area contributed by atoms with Crippen LogP contribution in [0.25, 0.3) is 0 Å². The van der Waals surface area contributed by atoms with E-state index in [1.165, 1.54) is 13.3 Å². The zero-order chi connectivity index (χ0) is 12.7. The van der Waals surface area contributed by atoms with Gasteiger partial charge in [0.2, 0.25) is 5.91 Å². The first-order valence-corrected chi connectivity index (χ1v) is 6.23. The number of carbonyl (C=O) groups is 2. The van der Waals surface area contributed by atoms with Gasteiger partial charge in [-0.05, 0) is 39.0 Å². The summed E-state index contributed by atoms with van der Waals surface area (Å²) in [4.78, 5) is 21.9. The zero-order valence-electron chi connectivity index (χ0n) is 10.3. The first kappa shape index (κ1) is 14.0. The SMILES string of the molecule is CC(C(=O)O)C(=O)NCCCC1CCCCO1. The Morgan fingerprint density at radius 2 is 2.24 bits per heavy atom. The molecule has 5 heteroatoms. The van der Waals surface area contributed by atoms with Crippen molar-refractivity contribution < 1.29 is 19.4 Å². The Hall–Kier alpha value is -1.10. The second-order valence-corrected chi connectivity index (χ2v) is 4.48. The molecule has 0 bridgehead atoms.